The number of nitrogens with one attached hydrogen (secondary N) is 1. The smallest absolute Gasteiger partial charge is 0.355 e. The van der Waals surface area contributed by atoms with E-state index in [1.54, 1.807) is 6.33 Å². The highest BCUT2D eigenvalue weighted by atomic mass is 32.1. The van der Waals surface area contributed by atoms with Crippen LogP contribution in [0.4, 0.5) is 10.3 Å². The van der Waals surface area contributed by atoms with Crippen LogP contribution < -0.4 is 15.0 Å². The van der Waals surface area contributed by atoms with Gasteiger partial charge in [-0.1, -0.05) is 49.4 Å². The molecule has 0 radical (unpaired) electrons. The molecule has 4 aromatic heterocycles. The van der Waals surface area contributed by atoms with Crippen molar-refractivity contribution < 1.29 is 19.4 Å². The van der Waals surface area contributed by atoms with E-state index >= 15 is 0 Å². The molecule has 7 aromatic rings. The van der Waals surface area contributed by atoms with Crippen LogP contribution in [0.15, 0.2) is 79.4 Å². The number of ether oxygens (including phenoxy) is 1. The van der Waals surface area contributed by atoms with E-state index in [1.807, 2.05) is 73.1 Å². The van der Waals surface area contributed by atoms with E-state index in [0.29, 0.717) is 71.3 Å². The summed E-state index contributed by atoms with van der Waals surface area (Å²) in [5.41, 5.74) is 6.81. The molecule has 1 aliphatic rings. The molecule has 0 saturated carbocycles. The van der Waals surface area contributed by atoms with Crippen molar-refractivity contribution >= 4 is 66.2 Å². The largest absolute Gasteiger partial charge is 0.494 e. The summed E-state index contributed by atoms with van der Waals surface area (Å²) in [6.07, 6.45) is 7.48. The summed E-state index contributed by atoms with van der Waals surface area (Å²) in [7, 11) is 0. The summed E-state index contributed by atoms with van der Waals surface area (Å²) in [4.78, 5) is 51.5. The number of carboxylic acid groups (broad SMARTS) is 1. The first kappa shape index (κ1) is 37.2. The first-order valence-electron chi connectivity index (χ1n) is 18.9. The number of nitrogens with zero attached hydrogens (tertiary/aromatic N) is 7. The fourth-order valence-electron chi connectivity index (χ4n) is 7.09. The number of fused-ring (bicyclic) bond motifs is 3. The summed E-state index contributed by atoms with van der Waals surface area (Å²) < 4.78 is 9.22. The van der Waals surface area contributed by atoms with Crippen LogP contribution in [0.25, 0.3) is 32.6 Å². The van der Waals surface area contributed by atoms with Gasteiger partial charge in [-0.3, -0.25) is 10.1 Å². The van der Waals surface area contributed by atoms with Gasteiger partial charge in [0.2, 0.25) is 0 Å². The number of benzene rings is 3. The summed E-state index contributed by atoms with van der Waals surface area (Å²) >= 11 is 2.83. The second-order valence-corrected chi connectivity index (χ2v) is 16.6. The predicted octanol–water partition coefficient (Wildman–Crippen LogP) is 9.08. The lowest BCUT2D eigenvalue weighted by atomic mass is 9.94. The second-order valence-electron chi connectivity index (χ2n) is 14.5. The van der Waals surface area contributed by atoms with E-state index in [4.69, 9.17) is 4.74 Å². The first-order chi connectivity index (χ1) is 27.2. The standard InChI is InChI=1S/C42H42N8O4S2/c1-25(2)13-14-26(3)50-24-45-37-35(43-23-44-38(37)50)28-15-17-29(18-16-28)54-21-7-12-34-36(40(52)53)47-42(56-34)49-20-19-27-8-6-9-30(31(27)22-49)39(51)48-41-46-32-10-4-5-11-33(32)55-41/h4-6,8-11,15-18,23-26H,7,12-14,19-22H2,1-3H3,(H,52,53)(H,46,48,51). The number of thiazole rings is 2. The van der Waals surface area contributed by atoms with E-state index in [0.717, 1.165) is 56.6 Å². The van der Waals surface area contributed by atoms with Crippen molar-refractivity contribution in [1.82, 2.24) is 29.5 Å². The maximum atomic E-state index is 13.5. The van der Waals surface area contributed by atoms with Crippen molar-refractivity contribution in [2.75, 3.05) is 23.4 Å². The third-order valence-corrected chi connectivity index (χ3v) is 12.3. The number of carbonyl (C=O) groups is 2. The van der Waals surface area contributed by atoms with Gasteiger partial charge in [0.25, 0.3) is 5.91 Å². The Morgan fingerprint density at radius 2 is 1.79 bits per heavy atom. The summed E-state index contributed by atoms with van der Waals surface area (Å²) in [5, 5.41) is 14.2. The lowest BCUT2D eigenvalue weighted by Gasteiger charge is -2.29. The van der Waals surface area contributed by atoms with Crippen LogP contribution in [-0.4, -0.2) is 59.6 Å². The normalized spacial score (nSPS) is 13.3. The van der Waals surface area contributed by atoms with E-state index in [2.05, 4.69) is 60.5 Å². The van der Waals surface area contributed by atoms with E-state index in [-0.39, 0.29) is 17.6 Å². The molecule has 286 valence electrons. The third-order valence-electron chi connectivity index (χ3n) is 10.1. The molecule has 0 aliphatic carbocycles. The van der Waals surface area contributed by atoms with Gasteiger partial charge >= 0.3 is 5.97 Å². The van der Waals surface area contributed by atoms with E-state index < -0.39 is 5.97 Å². The number of hydrogen-bond acceptors (Lipinski definition) is 11. The Hall–Kier alpha value is -5.73. The number of hydrogen-bond donors (Lipinski definition) is 2. The molecule has 1 atom stereocenters. The first-order valence-corrected chi connectivity index (χ1v) is 20.5. The molecule has 1 amide bonds. The average Bonchev–Trinajstić information content (AvgIpc) is 3.95. The zero-order valence-electron chi connectivity index (χ0n) is 31.4. The SMILES string of the molecule is CC(C)CCC(C)n1cnc2c(-c3ccc(OCCCc4sc(N5CCc6cccc(C(=O)Nc7nc8ccccc8s7)c6C5)nc4C(=O)O)cc3)ncnc21. The number of imidazole rings is 1. The number of aryl methyl sites for hydroxylation is 1. The Balaban J connectivity index is 0.896. The van der Waals surface area contributed by atoms with Crippen molar-refractivity contribution in [3.05, 3.63) is 107 Å². The molecule has 12 nitrogen and oxygen atoms in total. The van der Waals surface area contributed by atoms with E-state index in [9.17, 15) is 14.7 Å². The van der Waals surface area contributed by atoms with Gasteiger partial charge < -0.3 is 19.3 Å². The Morgan fingerprint density at radius 1 is 0.946 bits per heavy atom. The molecule has 3 aromatic carbocycles. The molecular formula is C42H42N8O4S2. The number of aromatic nitrogens is 6. The fourth-order valence-corrected chi connectivity index (χ4v) is 9.07. The fraction of sp³-hybridized carbons (Fsp3) is 0.310. The molecule has 5 heterocycles. The summed E-state index contributed by atoms with van der Waals surface area (Å²) in [6, 6.07) is 21.6. The van der Waals surface area contributed by atoms with Gasteiger partial charge in [0.15, 0.2) is 21.6 Å². The third kappa shape index (κ3) is 7.84. The van der Waals surface area contributed by atoms with Gasteiger partial charge in [0.1, 0.15) is 23.3 Å². The molecule has 2 N–H and O–H groups in total. The highest BCUT2D eigenvalue weighted by Gasteiger charge is 2.27. The number of amides is 1. The number of rotatable bonds is 14. The summed E-state index contributed by atoms with van der Waals surface area (Å²) in [6.45, 7) is 8.20. The van der Waals surface area contributed by atoms with Crippen LogP contribution >= 0.6 is 22.7 Å². The Morgan fingerprint density at radius 3 is 2.59 bits per heavy atom. The molecule has 0 bridgehead atoms. The van der Waals surface area contributed by atoms with Gasteiger partial charge in [0.05, 0.1) is 23.2 Å². The topological polar surface area (TPSA) is 148 Å². The average molecular weight is 787 g/mol. The summed E-state index contributed by atoms with van der Waals surface area (Å²) in [5.74, 6) is 0.0790. The van der Waals surface area contributed by atoms with Crippen molar-refractivity contribution in [3.63, 3.8) is 0 Å². The molecule has 0 saturated heterocycles. The Bertz CT molecular complexity index is 2490. The lowest BCUT2D eigenvalue weighted by molar-refractivity contribution is 0.0690. The highest BCUT2D eigenvalue weighted by Crippen LogP contribution is 2.34. The molecule has 0 spiro atoms. The number of anilines is 2. The second kappa shape index (κ2) is 16.2. The monoisotopic (exact) mass is 786 g/mol. The minimum absolute atomic E-state index is 0.0648. The van der Waals surface area contributed by atoms with Crippen LogP contribution in [-0.2, 0) is 19.4 Å². The van der Waals surface area contributed by atoms with Crippen molar-refractivity contribution in [1.29, 1.82) is 0 Å². The molecule has 14 heteroatoms. The molecule has 0 fully saturated rings. The quantitative estimate of drug-likeness (QED) is 0.102. The molecule has 8 rings (SSSR count). The predicted molar refractivity (Wildman–Crippen MR) is 221 cm³/mol. The van der Waals surface area contributed by atoms with E-state index in [1.165, 1.54) is 22.7 Å². The minimum Gasteiger partial charge on any atom is -0.494 e. The van der Waals surface area contributed by atoms with Gasteiger partial charge in [-0.2, -0.15) is 0 Å². The number of para-hydroxylation sites is 1. The Kier molecular flexibility index (Phi) is 10.7. The van der Waals surface area contributed by atoms with Crippen LogP contribution in [0, 0.1) is 5.92 Å². The van der Waals surface area contributed by atoms with Gasteiger partial charge in [-0.05, 0) is 98.5 Å². The Labute approximate surface area is 332 Å². The lowest BCUT2D eigenvalue weighted by Crippen LogP contribution is -2.32. The zero-order valence-corrected chi connectivity index (χ0v) is 33.1. The van der Waals surface area contributed by atoms with Crippen LogP contribution in [0.5, 0.6) is 5.75 Å². The molecule has 56 heavy (non-hydrogen) atoms. The van der Waals surface area contributed by atoms with Crippen LogP contribution in [0.2, 0.25) is 0 Å². The van der Waals surface area contributed by atoms with Crippen molar-refractivity contribution in [2.45, 2.75) is 65.5 Å². The minimum atomic E-state index is -1.05. The zero-order chi connectivity index (χ0) is 38.8. The van der Waals surface area contributed by atoms with Crippen molar-refractivity contribution in [3.8, 4) is 17.0 Å². The van der Waals surface area contributed by atoms with Gasteiger partial charge in [-0.15, -0.1) is 11.3 Å². The van der Waals surface area contributed by atoms with Gasteiger partial charge in [-0.25, -0.2) is 29.7 Å². The van der Waals surface area contributed by atoms with Crippen LogP contribution in [0.3, 0.4) is 0 Å². The number of aromatic carboxylic acids is 1. The highest BCUT2D eigenvalue weighted by molar-refractivity contribution is 7.22. The van der Waals surface area contributed by atoms with Crippen molar-refractivity contribution in [2.24, 2.45) is 5.92 Å². The molecular weight excluding hydrogens is 745 g/mol. The molecule has 1 unspecified atom stereocenters. The maximum absolute atomic E-state index is 13.5. The number of carboxylic acids is 1. The van der Waals surface area contributed by atoms with Crippen LogP contribution in [0.1, 0.15) is 82.9 Å². The number of carbonyl (C=O) groups excluding carboxylic acids is 1. The maximum Gasteiger partial charge on any atom is 0.355 e. The molecule has 1 aliphatic heterocycles. The van der Waals surface area contributed by atoms with Gasteiger partial charge in [0, 0.05) is 35.1 Å².